The summed E-state index contributed by atoms with van der Waals surface area (Å²) in [5, 5.41) is 5.26. The molecule has 0 saturated carbocycles. The summed E-state index contributed by atoms with van der Waals surface area (Å²) in [5.41, 5.74) is 1.86. The number of nitrogens with one attached hydrogen (secondary N) is 1. The Morgan fingerprint density at radius 1 is 1.37 bits per heavy atom. The van der Waals surface area contributed by atoms with Gasteiger partial charge in [-0.15, -0.1) is 0 Å². The van der Waals surface area contributed by atoms with E-state index < -0.39 is 0 Å². The van der Waals surface area contributed by atoms with Crippen molar-refractivity contribution in [2.75, 3.05) is 13.7 Å². The van der Waals surface area contributed by atoms with Crippen LogP contribution >= 0.6 is 11.6 Å². The Morgan fingerprint density at radius 3 is 2.89 bits per heavy atom. The van der Waals surface area contributed by atoms with Crippen molar-refractivity contribution in [1.29, 1.82) is 0 Å². The smallest absolute Gasteiger partial charge is 0.177 e. The molecule has 19 heavy (non-hydrogen) atoms. The molecule has 1 atom stereocenters. The minimum atomic E-state index is 0.315. The minimum Gasteiger partial charge on any atom is -0.493 e. The van der Waals surface area contributed by atoms with Gasteiger partial charge in [-0.2, -0.15) is 0 Å². The Hall–Kier alpha value is -1.19. The van der Waals surface area contributed by atoms with Crippen molar-refractivity contribution >= 4 is 22.6 Å². The zero-order chi connectivity index (χ0) is 13.4. The number of ether oxygens (including phenoxy) is 1. The van der Waals surface area contributed by atoms with E-state index in [1.54, 1.807) is 7.11 Å². The predicted octanol–water partition coefficient (Wildman–Crippen LogP) is 4.22. The second-order valence-corrected chi connectivity index (χ2v) is 5.46. The number of rotatable bonds is 2. The van der Waals surface area contributed by atoms with E-state index in [1.807, 2.05) is 19.1 Å². The number of halogens is 1. The topological polar surface area (TPSA) is 34.4 Å². The summed E-state index contributed by atoms with van der Waals surface area (Å²) in [5.74, 6) is 1.61. The number of benzene rings is 1. The number of fused-ring (bicyclic) bond motifs is 1. The third kappa shape index (κ3) is 2.21. The normalized spacial score (nSPS) is 19.8. The van der Waals surface area contributed by atoms with Crippen molar-refractivity contribution in [3.05, 3.63) is 28.5 Å². The first-order chi connectivity index (χ1) is 9.20. The molecule has 2 aromatic rings. The molecule has 2 heterocycles. The molecule has 3 nitrogen and oxygen atoms in total. The van der Waals surface area contributed by atoms with Crippen LogP contribution in [0.5, 0.6) is 5.75 Å². The van der Waals surface area contributed by atoms with E-state index >= 15 is 0 Å². The first kappa shape index (κ1) is 12.8. The SMILES string of the molecule is COc1cc(C2CCCCN2)c(Cl)c2cc(C)oc12. The summed E-state index contributed by atoms with van der Waals surface area (Å²) >= 11 is 6.56. The van der Waals surface area contributed by atoms with Gasteiger partial charge in [0.1, 0.15) is 5.76 Å². The summed E-state index contributed by atoms with van der Waals surface area (Å²) < 4.78 is 11.1. The predicted molar refractivity (Wildman–Crippen MR) is 77.1 cm³/mol. The van der Waals surface area contributed by atoms with Crippen LogP contribution in [0.25, 0.3) is 11.0 Å². The van der Waals surface area contributed by atoms with E-state index in [1.165, 1.54) is 12.8 Å². The molecule has 1 unspecified atom stereocenters. The number of hydrogen-bond acceptors (Lipinski definition) is 3. The van der Waals surface area contributed by atoms with Gasteiger partial charge in [-0.3, -0.25) is 0 Å². The van der Waals surface area contributed by atoms with Gasteiger partial charge in [0.25, 0.3) is 0 Å². The molecule has 0 spiro atoms. The van der Waals surface area contributed by atoms with Gasteiger partial charge >= 0.3 is 0 Å². The molecule has 1 fully saturated rings. The number of furan rings is 1. The van der Waals surface area contributed by atoms with Gasteiger partial charge in [0, 0.05) is 11.4 Å². The molecular formula is C15H18ClNO2. The fraction of sp³-hybridized carbons (Fsp3) is 0.467. The molecule has 1 aliphatic heterocycles. The monoisotopic (exact) mass is 279 g/mol. The standard InChI is InChI=1S/C15H18ClNO2/c1-9-7-11-14(16)10(12-5-3-4-6-17-12)8-13(18-2)15(11)19-9/h7-8,12,17H,3-6H2,1-2H3. The van der Waals surface area contributed by atoms with Crippen LogP contribution in [0.3, 0.4) is 0 Å². The van der Waals surface area contributed by atoms with Crippen LogP contribution in [-0.2, 0) is 0 Å². The summed E-state index contributed by atoms with van der Waals surface area (Å²) in [6.07, 6.45) is 3.59. The largest absolute Gasteiger partial charge is 0.493 e. The third-order valence-corrected chi connectivity index (χ3v) is 4.18. The number of aryl methyl sites for hydroxylation is 1. The molecule has 0 bridgehead atoms. The van der Waals surface area contributed by atoms with Crippen LogP contribution < -0.4 is 10.1 Å². The molecule has 0 aliphatic carbocycles. The molecule has 1 aliphatic rings. The van der Waals surface area contributed by atoms with Gasteiger partial charge in [0.2, 0.25) is 0 Å². The maximum atomic E-state index is 6.56. The zero-order valence-electron chi connectivity index (χ0n) is 11.3. The van der Waals surface area contributed by atoms with Gasteiger partial charge < -0.3 is 14.5 Å². The van der Waals surface area contributed by atoms with E-state index in [-0.39, 0.29) is 0 Å². The van der Waals surface area contributed by atoms with Crippen molar-refractivity contribution < 1.29 is 9.15 Å². The van der Waals surface area contributed by atoms with Gasteiger partial charge in [-0.05, 0) is 44.0 Å². The van der Waals surface area contributed by atoms with E-state index in [0.29, 0.717) is 6.04 Å². The lowest BCUT2D eigenvalue weighted by molar-refractivity contribution is 0.397. The second kappa shape index (κ2) is 5.06. The average Bonchev–Trinajstić information content (AvgIpc) is 2.83. The molecule has 0 amide bonds. The fourth-order valence-corrected chi connectivity index (χ4v) is 3.14. The molecule has 1 aromatic carbocycles. The molecular weight excluding hydrogens is 262 g/mol. The highest BCUT2D eigenvalue weighted by atomic mass is 35.5. The Labute approximate surface area is 117 Å². The van der Waals surface area contributed by atoms with Crippen LogP contribution in [0.2, 0.25) is 5.02 Å². The Balaban J connectivity index is 2.15. The van der Waals surface area contributed by atoms with Crippen LogP contribution in [0, 0.1) is 6.92 Å². The third-order valence-electron chi connectivity index (χ3n) is 3.76. The van der Waals surface area contributed by atoms with Crippen molar-refractivity contribution in [2.24, 2.45) is 0 Å². The Bertz CT molecular complexity index is 600. The quantitative estimate of drug-likeness (QED) is 0.894. The maximum Gasteiger partial charge on any atom is 0.177 e. The summed E-state index contributed by atoms with van der Waals surface area (Å²) in [7, 11) is 1.67. The summed E-state index contributed by atoms with van der Waals surface area (Å²) in [4.78, 5) is 0. The number of piperidine rings is 1. The molecule has 0 radical (unpaired) electrons. The molecule has 1 saturated heterocycles. The average molecular weight is 280 g/mol. The molecule has 102 valence electrons. The highest BCUT2D eigenvalue weighted by Crippen LogP contribution is 2.40. The maximum absolute atomic E-state index is 6.56. The number of methoxy groups -OCH3 is 1. The van der Waals surface area contributed by atoms with E-state index in [9.17, 15) is 0 Å². The van der Waals surface area contributed by atoms with Gasteiger partial charge in [-0.1, -0.05) is 18.0 Å². The van der Waals surface area contributed by atoms with Gasteiger partial charge in [-0.25, -0.2) is 0 Å². The van der Waals surface area contributed by atoms with Crippen LogP contribution in [0.4, 0.5) is 0 Å². The van der Waals surface area contributed by atoms with Gasteiger partial charge in [0.15, 0.2) is 11.3 Å². The molecule has 4 heteroatoms. The van der Waals surface area contributed by atoms with Crippen LogP contribution in [0.1, 0.15) is 36.6 Å². The van der Waals surface area contributed by atoms with Crippen molar-refractivity contribution in [3.63, 3.8) is 0 Å². The molecule has 1 aromatic heterocycles. The summed E-state index contributed by atoms with van der Waals surface area (Å²) in [6.45, 7) is 2.97. The highest BCUT2D eigenvalue weighted by molar-refractivity contribution is 6.36. The lowest BCUT2D eigenvalue weighted by atomic mass is 9.96. The van der Waals surface area contributed by atoms with Crippen molar-refractivity contribution in [3.8, 4) is 5.75 Å². The van der Waals surface area contributed by atoms with E-state index in [0.717, 1.165) is 46.0 Å². The van der Waals surface area contributed by atoms with Gasteiger partial charge in [0.05, 0.1) is 12.1 Å². The van der Waals surface area contributed by atoms with Crippen molar-refractivity contribution in [2.45, 2.75) is 32.2 Å². The lowest BCUT2D eigenvalue weighted by Crippen LogP contribution is -2.27. The summed E-state index contributed by atoms with van der Waals surface area (Å²) in [6, 6.07) is 4.30. The number of hydrogen-bond donors (Lipinski definition) is 1. The Kier molecular flexibility index (Phi) is 3.42. The van der Waals surface area contributed by atoms with Crippen LogP contribution in [0.15, 0.2) is 16.5 Å². The minimum absolute atomic E-state index is 0.315. The van der Waals surface area contributed by atoms with Crippen LogP contribution in [-0.4, -0.2) is 13.7 Å². The second-order valence-electron chi connectivity index (χ2n) is 5.08. The van der Waals surface area contributed by atoms with E-state index in [2.05, 4.69) is 5.32 Å². The molecule has 1 N–H and O–H groups in total. The first-order valence-electron chi connectivity index (χ1n) is 6.70. The first-order valence-corrected chi connectivity index (χ1v) is 7.08. The molecule has 3 rings (SSSR count). The zero-order valence-corrected chi connectivity index (χ0v) is 12.0. The van der Waals surface area contributed by atoms with E-state index in [4.69, 9.17) is 20.8 Å². The lowest BCUT2D eigenvalue weighted by Gasteiger charge is -2.25. The fourth-order valence-electron chi connectivity index (χ4n) is 2.81. The Morgan fingerprint density at radius 2 is 2.21 bits per heavy atom. The van der Waals surface area contributed by atoms with Crippen molar-refractivity contribution in [1.82, 2.24) is 5.32 Å². The highest BCUT2D eigenvalue weighted by Gasteiger charge is 2.22.